The van der Waals surface area contributed by atoms with Crippen LogP contribution < -0.4 is 19.1 Å². The summed E-state index contributed by atoms with van der Waals surface area (Å²) in [5.41, 5.74) is 1.50. The van der Waals surface area contributed by atoms with Gasteiger partial charge in [0.1, 0.15) is 0 Å². The van der Waals surface area contributed by atoms with Crippen LogP contribution in [0.15, 0.2) is 42.5 Å². The second-order valence-electron chi connectivity index (χ2n) is 6.72. The summed E-state index contributed by atoms with van der Waals surface area (Å²) in [6, 6.07) is 13.3. The van der Waals surface area contributed by atoms with Gasteiger partial charge in [-0.1, -0.05) is 18.2 Å². The number of carbonyl (C=O) groups excluding carboxylic acids is 2. The number of piperazine rings is 1. The van der Waals surface area contributed by atoms with Crippen LogP contribution in [-0.4, -0.2) is 64.1 Å². The van der Waals surface area contributed by atoms with Crippen molar-refractivity contribution in [1.82, 2.24) is 4.90 Å². The fraction of sp³-hybridized carbons (Fsp3) is 0.364. The van der Waals surface area contributed by atoms with Crippen molar-refractivity contribution in [3.05, 3.63) is 48.0 Å². The number of benzene rings is 2. The first-order valence-electron chi connectivity index (χ1n) is 9.48. The van der Waals surface area contributed by atoms with Crippen LogP contribution in [-0.2, 0) is 4.79 Å². The monoisotopic (exact) mass is 398 g/mol. The smallest absolute Gasteiger partial charge is 0.230 e. The van der Waals surface area contributed by atoms with Crippen molar-refractivity contribution in [1.29, 1.82) is 0 Å². The molecule has 0 unspecified atom stereocenters. The second-order valence-corrected chi connectivity index (χ2v) is 6.72. The number of amides is 1. The summed E-state index contributed by atoms with van der Waals surface area (Å²) in [6.07, 6.45) is -0.191. The topological polar surface area (TPSA) is 68.3 Å². The molecule has 7 nitrogen and oxygen atoms in total. The fourth-order valence-corrected chi connectivity index (χ4v) is 3.45. The number of ketones is 1. The average Bonchev–Trinajstić information content (AvgIpc) is 2.78. The zero-order valence-corrected chi connectivity index (χ0v) is 17.0. The van der Waals surface area contributed by atoms with Gasteiger partial charge in [0, 0.05) is 37.4 Å². The van der Waals surface area contributed by atoms with Crippen LogP contribution in [0.2, 0.25) is 0 Å². The van der Waals surface area contributed by atoms with Gasteiger partial charge in [-0.25, -0.2) is 0 Å². The maximum atomic E-state index is 12.7. The third-order valence-electron chi connectivity index (χ3n) is 5.05. The Morgan fingerprint density at radius 3 is 1.97 bits per heavy atom. The molecule has 1 fully saturated rings. The molecule has 3 rings (SSSR count). The lowest BCUT2D eigenvalue weighted by molar-refractivity contribution is -0.130. The van der Waals surface area contributed by atoms with Crippen LogP contribution in [0.25, 0.3) is 0 Å². The molecule has 0 bridgehead atoms. The molecule has 1 saturated heterocycles. The molecule has 1 aliphatic heterocycles. The highest BCUT2D eigenvalue weighted by Gasteiger charge is 2.24. The van der Waals surface area contributed by atoms with Gasteiger partial charge in [0.15, 0.2) is 17.3 Å². The van der Waals surface area contributed by atoms with Crippen molar-refractivity contribution in [2.45, 2.75) is 6.42 Å². The van der Waals surface area contributed by atoms with E-state index < -0.39 is 0 Å². The summed E-state index contributed by atoms with van der Waals surface area (Å²) in [7, 11) is 4.48. The minimum atomic E-state index is -0.278. The molecular weight excluding hydrogens is 372 g/mol. The standard InChI is InChI=1S/C22H26N2O5/c1-27-19-13-16(14-20(28-2)22(19)29-3)18(25)15-21(26)24-11-9-23(10-12-24)17-7-5-4-6-8-17/h4-8,13-14H,9-12,15H2,1-3H3. The Balaban J connectivity index is 1.63. The highest BCUT2D eigenvalue weighted by Crippen LogP contribution is 2.38. The number of ether oxygens (including phenoxy) is 3. The van der Waals surface area contributed by atoms with Crippen molar-refractivity contribution in [2.75, 3.05) is 52.4 Å². The summed E-state index contributed by atoms with van der Waals surface area (Å²) < 4.78 is 15.8. The minimum absolute atomic E-state index is 0.170. The normalized spacial score (nSPS) is 13.8. The highest BCUT2D eigenvalue weighted by atomic mass is 16.5. The molecule has 1 aliphatic rings. The van der Waals surface area contributed by atoms with Crippen LogP contribution in [0.5, 0.6) is 17.2 Å². The highest BCUT2D eigenvalue weighted by molar-refractivity contribution is 6.08. The molecule has 2 aromatic carbocycles. The molecule has 0 aliphatic carbocycles. The number of Topliss-reactive ketones (excluding diaryl/α,β-unsaturated/α-hetero) is 1. The summed E-state index contributed by atoms with van der Waals surface area (Å²) in [4.78, 5) is 29.4. The van der Waals surface area contributed by atoms with Gasteiger partial charge in [0.2, 0.25) is 11.7 Å². The van der Waals surface area contributed by atoms with Crippen LogP contribution in [0, 0.1) is 0 Å². The third kappa shape index (κ3) is 4.62. The number of rotatable bonds is 7. The fourth-order valence-electron chi connectivity index (χ4n) is 3.45. The Morgan fingerprint density at radius 1 is 0.862 bits per heavy atom. The number of anilines is 1. The predicted octanol–water partition coefficient (Wildman–Crippen LogP) is 2.63. The summed E-state index contributed by atoms with van der Waals surface area (Å²) in [5.74, 6) is 0.740. The molecule has 1 heterocycles. The van der Waals surface area contributed by atoms with E-state index in [0.717, 1.165) is 18.8 Å². The van der Waals surface area contributed by atoms with E-state index in [0.29, 0.717) is 35.9 Å². The molecule has 7 heteroatoms. The quantitative estimate of drug-likeness (QED) is 0.528. The molecule has 2 aromatic rings. The lowest BCUT2D eigenvalue weighted by atomic mass is 10.1. The van der Waals surface area contributed by atoms with E-state index in [2.05, 4.69) is 17.0 Å². The largest absolute Gasteiger partial charge is 0.493 e. The number of hydrogen-bond donors (Lipinski definition) is 0. The first-order chi connectivity index (χ1) is 14.1. The number of nitrogens with zero attached hydrogens (tertiary/aromatic N) is 2. The third-order valence-corrected chi connectivity index (χ3v) is 5.05. The molecule has 0 aromatic heterocycles. The molecule has 0 saturated carbocycles. The van der Waals surface area contributed by atoms with Gasteiger partial charge in [-0.3, -0.25) is 9.59 Å². The average molecular weight is 398 g/mol. The number of methoxy groups -OCH3 is 3. The number of carbonyl (C=O) groups is 2. The van der Waals surface area contributed by atoms with Crippen LogP contribution in [0.1, 0.15) is 16.8 Å². The zero-order chi connectivity index (χ0) is 20.8. The zero-order valence-electron chi connectivity index (χ0n) is 17.0. The van der Waals surface area contributed by atoms with Crippen LogP contribution in [0.3, 0.4) is 0 Å². The van der Waals surface area contributed by atoms with E-state index >= 15 is 0 Å². The Morgan fingerprint density at radius 2 is 1.45 bits per heavy atom. The summed E-state index contributed by atoms with van der Waals surface area (Å²) in [5, 5.41) is 0. The van der Waals surface area contributed by atoms with E-state index in [1.54, 1.807) is 17.0 Å². The molecule has 0 radical (unpaired) electrons. The van der Waals surface area contributed by atoms with Gasteiger partial charge >= 0.3 is 0 Å². The van der Waals surface area contributed by atoms with E-state index in [1.807, 2.05) is 18.2 Å². The van der Waals surface area contributed by atoms with Crippen molar-refractivity contribution in [3.8, 4) is 17.2 Å². The predicted molar refractivity (Wildman–Crippen MR) is 110 cm³/mol. The Hall–Kier alpha value is -3.22. The van der Waals surface area contributed by atoms with Gasteiger partial charge < -0.3 is 24.0 Å². The van der Waals surface area contributed by atoms with Crippen LogP contribution in [0.4, 0.5) is 5.69 Å². The molecular formula is C22H26N2O5. The van der Waals surface area contributed by atoms with E-state index in [1.165, 1.54) is 21.3 Å². The Labute approximate surface area is 170 Å². The molecule has 0 N–H and O–H groups in total. The van der Waals surface area contributed by atoms with E-state index in [9.17, 15) is 9.59 Å². The maximum absolute atomic E-state index is 12.7. The van der Waals surface area contributed by atoms with Crippen molar-refractivity contribution in [2.24, 2.45) is 0 Å². The molecule has 29 heavy (non-hydrogen) atoms. The maximum Gasteiger partial charge on any atom is 0.230 e. The minimum Gasteiger partial charge on any atom is -0.493 e. The Bertz CT molecular complexity index is 836. The first kappa shape index (κ1) is 20.5. The second kappa shape index (κ2) is 9.32. The SMILES string of the molecule is COc1cc(C(=O)CC(=O)N2CCN(c3ccccc3)CC2)cc(OC)c1OC. The van der Waals surface area contributed by atoms with E-state index in [4.69, 9.17) is 14.2 Å². The van der Waals surface area contributed by atoms with Crippen molar-refractivity contribution >= 4 is 17.4 Å². The summed E-state index contributed by atoms with van der Waals surface area (Å²) in [6.45, 7) is 2.68. The van der Waals surface area contributed by atoms with Gasteiger partial charge in [-0.05, 0) is 24.3 Å². The molecule has 0 atom stereocenters. The van der Waals surface area contributed by atoms with Crippen molar-refractivity contribution in [3.63, 3.8) is 0 Å². The number of hydrogen-bond acceptors (Lipinski definition) is 6. The molecule has 1 amide bonds. The molecule has 154 valence electrons. The lowest BCUT2D eigenvalue weighted by Gasteiger charge is -2.36. The van der Waals surface area contributed by atoms with Gasteiger partial charge in [-0.15, -0.1) is 0 Å². The molecule has 0 spiro atoms. The van der Waals surface area contributed by atoms with Gasteiger partial charge in [0.25, 0.3) is 0 Å². The van der Waals surface area contributed by atoms with Gasteiger partial charge in [0.05, 0.1) is 27.8 Å². The first-order valence-corrected chi connectivity index (χ1v) is 9.48. The van der Waals surface area contributed by atoms with E-state index in [-0.39, 0.29) is 18.1 Å². The number of para-hydroxylation sites is 1. The lowest BCUT2D eigenvalue weighted by Crippen LogP contribution is -2.49. The van der Waals surface area contributed by atoms with Gasteiger partial charge in [-0.2, -0.15) is 0 Å². The Kier molecular flexibility index (Phi) is 6.59. The van der Waals surface area contributed by atoms with Crippen LogP contribution >= 0.6 is 0 Å². The van der Waals surface area contributed by atoms with Crippen molar-refractivity contribution < 1.29 is 23.8 Å². The summed E-state index contributed by atoms with van der Waals surface area (Å²) >= 11 is 0.